The zero-order valence-electron chi connectivity index (χ0n) is 15.8. The maximum atomic E-state index is 12.7. The number of aromatic amines is 1. The summed E-state index contributed by atoms with van der Waals surface area (Å²) in [4.78, 5) is 38.9. The van der Waals surface area contributed by atoms with Gasteiger partial charge in [0.2, 0.25) is 11.9 Å². The van der Waals surface area contributed by atoms with Crippen molar-refractivity contribution in [3.63, 3.8) is 0 Å². The van der Waals surface area contributed by atoms with Gasteiger partial charge >= 0.3 is 0 Å². The Kier molecular flexibility index (Phi) is 6.00. The molecule has 2 heterocycles. The quantitative estimate of drug-likeness (QED) is 0.133. The van der Waals surface area contributed by atoms with Crippen LogP contribution in [0.15, 0.2) is 18.7 Å². The molecule has 11 nitrogen and oxygen atoms in total. The van der Waals surface area contributed by atoms with E-state index in [2.05, 4.69) is 4.98 Å². The highest BCUT2D eigenvalue weighted by Gasteiger charge is 2.80. The maximum Gasteiger partial charge on any atom is 0.277 e. The minimum atomic E-state index is -2.49. The fraction of sp³-hybridized carbons (Fsp3) is 0.733. The molecule has 1 aliphatic heterocycles. The average Bonchev–Trinajstić information content (AvgIpc) is 3.07. The summed E-state index contributed by atoms with van der Waals surface area (Å²) in [5.74, 6) is -2.73. The molecule has 13 heteroatoms. The second-order valence-electron chi connectivity index (χ2n) is 7.49. The molecular weight excluding hydrogens is 412 g/mol. The molecule has 5 atom stereocenters. The van der Waals surface area contributed by atoms with Gasteiger partial charge in [0.05, 0.1) is 15.4 Å². The Morgan fingerprint density at radius 2 is 2.11 bits per heavy atom. The van der Waals surface area contributed by atoms with Crippen molar-refractivity contribution in [2.45, 2.75) is 48.3 Å². The monoisotopic (exact) mass is 438 g/mol. The normalized spacial score (nSPS) is 30.6. The molecule has 0 spiro atoms. The van der Waals surface area contributed by atoms with Crippen LogP contribution in [0.4, 0.5) is 0 Å². The van der Waals surface area contributed by atoms with Gasteiger partial charge in [-0.05, 0) is 26.9 Å². The Hall–Kier alpha value is -0.580. The molecule has 28 heavy (non-hydrogen) atoms. The molecule has 1 aromatic rings. The second kappa shape index (κ2) is 7.59. The number of Topliss-reactive ketones (excluding diaryl/α,β-unsaturated/α-hetero) is 1. The van der Waals surface area contributed by atoms with Gasteiger partial charge in [-0.3, -0.25) is 9.78 Å². The topological polar surface area (TPSA) is 149 Å². The number of H-pyrrole nitrogens is 1. The van der Waals surface area contributed by atoms with E-state index in [1.165, 1.54) is 0 Å². The number of imidazole rings is 1. The van der Waals surface area contributed by atoms with Crippen molar-refractivity contribution in [3.8, 4) is 0 Å². The van der Waals surface area contributed by atoms with Crippen molar-refractivity contribution in [1.29, 1.82) is 0 Å². The number of rotatable bonds is 10. The van der Waals surface area contributed by atoms with Crippen molar-refractivity contribution < 1.29 is 43.9 Å². The van der Waals surface area contributed by atoms with Gasteiger partial charge in [0.1, 0.15) is 27.1 Å². The highest BCUT2D eigenvalue weighted by molar-refractivity contribution is 7.65. The first-order valence-corrected chi connectivity index (χ1v) is 10.8. The summed E-state index contributed by atoms with van der Waals surface area (Å²) in [6, 6.07) is 0. The molecule has 2 fully saturated rings. The van der Waals surface area contributed by atoms with Crippen LogP contribution in [0.25, 0.3) is 0 Å². The molecule has 0 aromatic carbocycles. The summed E-state index contributed by atoms with van der Waals surface area (Å²) >= 11 is 0. The lowest BCUT2D eigenvalue weighted by Crippen LogP contribution is -2.78. The molecule has 1 saturated carbocycles. The highest BCUT2D eigenvalue weighted by Crippen LogP contribution is 2.76. The van der Waals surface area contributed by atoms with E-state index in [-0.39, 0.29) is 18.9 Å². The predicted molar refractivity (Wildman–Crippen MR) is 97.7 cm³/mol. The molecule has 3 rings (SSSR count). The van der Waals surface area contributed by atoms with Crippen molar-refractivity contribution in [3.05, 3.63) is 18.7 Å². The third kappa shape index (κ3) is 3.77. The lowest BCUT2D eigenvalue weighted by atomic mass is 9.71. The van der Waals surface area contributed by atoms with E-state index in [4.69, 9.17) is 14.3 Å². The number of carbonyl (C=O) groups is 1. The van der Waals surface area contributed by atoms with E-state index in [0.29, 0.717) is 12.8 Å². The molecule has 5 N–H and O–H groups in total. The molecule has 1 aliphatic carbocycles. The van der Waals surface area contributed by atoms with Gasteiger partial charge in [-0.2, -0.15) is 0 Å². The van der Waals surface area contributed by atoms with Crippen molar-refractivity contribution >= 4 is 22.7 Å². The molecule has 0 amide bonds. The first-order valence-electron chi connectivity index (χ1n) is 8.62. The van der Waals surface area contributed by atoms with Crippen LogP contribution in [0, 0.1) is 0 Å². The van der Waals surface area contributed by atoms with Crippen LogP contribution in [0.5, 0.6) is 0 Å². The van der Waals surface area contributed by atoms with E-state index < -0.39 is 39.0 Å². The molecule has 0 radical (unpaired) electrons. The summed E-state index contributed by atoms with van der Waals surface area (Å²) in [6.45, 7) is 0.985. The van der Waals surface area contributed by atoms with E-state index in [9.17, 15) is 25.0 Å². The van der Waals surface area contributed by atoms with E-state index in [1.807, 2.05) is 0 Å². The summed E-state index contributed by atoms with van der Waals surface area (Å²) < 4.78 is 6.55. The minimum Gasteiger partial charge on any atom is -0.373 e. The molecule has 1 saturated heterocycles. The molecule has 5 unspecified atom stereocenters. The number of fused-ring (bicyclic) bond motifs is 1. The van der Waals surface area contributed by atoms with Gasteiger partial charge in [0, 0.05) is 6.92 Å². The summed E-state index contributed by atoms with van der Waals surface area (Å²) in [5.41, 5.74) is -1.32. The van der Waals surface area contributed by atoms with E-state index in [0.717, 1.165) is 6.92 Å². The fourth-order valence-electron chi connectivity index (χ4n) is 3.31. The Balaban J connectivity index is 1.86. The number of nitrogens with zero attached hydrogens (tertiary/aromatic N) is 2. The predicted octanol–water partition coefficient (Wildman–Crippen LogP) is -1.07. The number of hydrogen-bond donors (Lipinski definition) is 5. The second-order valence-corrected chi connectivity index (χ2v) is 11.2. The van der Waals surface area contributed by atoms with Crippen LogP contribution in [0.2, 0.25) is 0 Å². The molecule has 1 aromatic heterocycles. The highest BCUT2D eigenvalue weighted by atomic mass is 31.2. The van der Waals surface area contributed by atoms with Gasteiger partial charge < -0.3 is 29.6 Å². The van der Waals surface area contributed by atoms with E-state index >= 15 is 0 Å². The Bertz CT molecular complexity index is 703. The lowest BCUT2D eigenvalue weighted by Gasteiger charge is -2.65. The van der Waals surface area contributed by atoms with Crippen molar-refractivity contribution in [2.24, 2.45) is 0 Å². The first kappa shape index (κ1) is 22.1. The van der Waals surface area contributed by atoms with Crippen LogP contribution in [0.3, 0.4) is 0 Å². The Morgan fingerprint density at radius 1 is 1.39 bits per heavy atom. The molecule has 158 valence electrons. The average molecular weight is 438 g/mol. The number of carbonyl (C=O) groups excluding carboxylic acids is 1. The minimum absolute atomic E-state index is 0.101. The number of ketones is 1. The van der Waals surface area contributed by atoms with Gasteiger partial charge in [-0.1, -0.05) is 0 Å². The van der Waals surface area contributed by atoms with Crippen LogP contribution in [-0.4, -0.2) is 78.5 Å². The standard InChI is InChI=1S/C15H25N3O8P2/c1-12(20,21)26-27-15(22,9-18-7-6-16-10-18)28(23)14-5-4-13(14,24-25-14)11(19)8-17(2)3/h6-7,10,20-23,27H,4-5,8-9H2,1-3H3/p+1. The largest absolute Gasteiger partial charge is 0.373 e. The van der Waals surface area contributed by atoms with Crippen LogP contribution >= 0.6 is 17.0 Å². The number of likely N-dealkylation sites (N-methyl/N-ethyl adjacent to an activating group) is 1. The third-order valence-electron chi connectivity index (χ3n) is 4.79. The fourth-order valence-corrected chi connectivity index (χ4v) is 6.88. The molecule has 2 aliphatic rings. The van der Waals surface area contributed by atoms with Gasteiger partial charge in [0.15, 0.2) is 16.2 Å². The smallest absolute Gasteiger partial charge is 0.277 e. The SMILES string of the molecule is CN(C)CC(=O)C12CCC1(P(O)C(O)(C[n+]1cc[nH]c1)POC(C)(O)O)OO2. The van der Waals surface area contributed by atoms with Gasteiger partial charge in [0.25, 0.3) is 5.97 Å². The molecule has 0 bridgehead atoms. The summed E-state index contributed by atoms with van der Waals surface area (Å²) in [5, 5.41) is 27.0. The van der Waals surface area contributed by atoms with Crippen LogP contribution in [-0.2, 0) is 25.6 Å². The maximum absolute atomic E-state index is 12.7. The summed E-state index contributed by atoms with van der Waals surface area (Å²) in [7, 11) is 0.186. The molecular formula is C15H26N3O8P2+. The van der Waals surface area contributed by atoms with Gasteiger partial charge in [-0.15, -0.1) is 0 Å². The zero-order chi connectivity index (χ0) is 20.8. The first-order chi connectivity index (χ1) is 12.9. The Morgan fingerprint density at radius 3 is 2.54 bits per heavy atom. The number of hydrogen-bond acceptors (Lipinski definition) is 9. The van der Waals surface area contributed by atoms with Crippen LogP contribution in [0.1, 0.15) is 19.8 Å². The summed E-state index contributed by atoms with van der Waals surface area (Å²) in [6.07, 6.45) is 5.53. The zero-order valence-corrected chi connectivity index (χ0v) is 17.7. The number of aliphatic hydroxyl groups is 3. The van der Waals surface area contributed by atoms with Crippen LogP contribution < -0.4 is 4.57 Å². The van der Waals surface area contributed by atoms with E-state index in [1.54, 1.807) is 42.3 Å². The number of aromatic nitrogens is 2. The Labute approximate surface area is 164 Å². The van der Waals surface area contributed by atoms with Crippen molar-refractivity contribution in [2.75, 3.05) is 20.6 Å². The van der Waals surface area contributed by atoms with Crippen molar-refractivity contribution in [1.82, 2.24) is 9.88 Å². The lowest BCUT2D eigenvalue weighted by molar-refractivity contribution is -0.701. The van der Waals surface area contributed by atoms with Gasteiger partial charge in [-0.25, -0.2) is 14.3 Å². The number of nitrogens with one attached hydrogen (secondary N) is 1. The third-order valence-corrected chi connectivity index (χ3v) is 8.85.